The van der Waals surface area contributed by atoms with E-state index in [4.69, 9.17) is 0 Å². The Morgan fingerprint density at radius 2 is 1.83 bits per heavy atom. The number of hydrogen-bond acceptors (Lipinski definition) is 5. The molecular weight excluding hydrogens is 465 g/mol. The largest absolute Gasteiger partial charge is 0.326 e. The molecule has 5 aromatic rings. The Hall–Kier alpha value is -4.11. The predicted octanol–water partition coefficient (Wildman–Crippen LogP) is 4.85. The number of fused-ring (bicyclic) bond motifs is 1. The summed E-state index contributed by atoms with van der Waals surface area (Å²) < 4.78 is 17.3. The number of nitrogens with zero attached hydrogens (tertiary/aromatic N) is 4. The van der Waals surface area contributed by atoms with Crippen LogP contribution in [0.3, 0.4) is 0 Å². The van der Waals surface area contributed by atoms with Crippen LogP contribution < -0.4 is 10.9 Å². The minimum Gasteiger partial charge on any atom is -0.326 e. The summed E-state index contributed by atoms with van der Waals surface area (Å²) in [6.07, 6.45) is 0.0145. The molecule has 1 N–H and O–H groups in total. The summed E-state index contributed by atoms with van der Waals surface area (Å²) in [6, 6.07) is 15.6. The van der Waals surface area contributed by atoms with Gasteiger partial charge in [-0.15, -0.1) is 11.3 Å². The van der Waals surface area contributed by atoms with Gasteiger partial charge in [0.25, 0.3) is 5.56 Å². The van der Waals surface area contributed by atoms with Crippen LogP contribution in [0, 0.1) is 26.6 Å². The third kappa shape index (κ3) is 4.26. The van der Waals surface area contributed by atoms with Crippen molar-refractivity contribution in [2.45, 2.75) is 27.2 Å². The summed E-state index contributed by atoms with van der Waals surface area (Å²) in [5.74, 6) is -0.644. The molecule has 0 saturated heterocycles. The molecule has 0 atom stereocenters. The van der Waals surface area contributed by atoms with Crippen LogP contribution >= 0.6 is 11.3 Å². The molecule has 0 aliphatic carbocycles. The van der Waals surface area contributed by atoms with Gasteiger partial charge in [0.05, 0.1) is 17.7 Å². The maximum atomic E-state index is 14.4. The van der Waals surface area contributed by atoms with Crippen LogP contribution in [0.5, 0.6) is 0 Å². The molecule has 7 nitrogen and oxygen atoms in total. The van der Waals surface area contributed by atoms with Gasteiger partial charge < -0.3 is 5.32 Å². The van der Waals surface area contributed by atoms with E-state index in [0.29, 0.717) is 44.7 Å². The lowest BCUT2D eigenvalue weighted by Crippen LogP contribution is -2.22. The van der Waals surface area contributed by atoms with Gasteiger partial charge >= 0.3 is 0 Å². The zero-order chi connectivity index (χ0) is 24.7. The SMILES string of the molecule is Cc1ccc(NC(=O)Cc2csc3nc(C)c(-c4cc(C)n(-c5ccccc5F)n4)c(=O)n23)cc1. The standard InChI is InChI=1S/C26H22FN5O2S/c1-15-8-10-18(11-9-15)29-23(33)13-19-14-35-26-28-17(3)24(25(34)31(19)26)21-12-16(2)32(30-21)22-7-5-4-6-20(22)27/h4-12,14H,13H2,1-3H3,(H,29,33). The lowest BCUT2D eigenvalue weighted by Gasteiger charge is -2.07. The number of thiazole rings is 1. The van der Waals surface area contributed by atoms with E-state index >= 15 is 0 Å². The number of amides is 1. The zero-order valence-corrected chi connectivity index (χ0v) is 20.2. The molecule has 0 aliphatic heterocycles. The number of nitrogens with one attached hydrogen (secondary N) is 1. The fourth-order valence-electron chi connectivity index (χ4n) is 3.99. The molecule has 35 heavy (non-hydrogen) atoms. The first kappa shape index (κ1) is 22.7. The predicted molar refractivity (Wildman–Crippen MR) is 135 cm³/mol. The third-order valence-electron chi connectivity index (χ3n) is 5.72. The highest BCUT2D eigenvalue weighted by atomic mass is 32.1. The van der Waals surface area contributed by atoms with Crippen LogP contribution in [0.4, 0.5) is 10.1 Å². The summed E-state index contributed by atoms with van der Waals surface area (Å²) in [5, 5.41) is 9.16. The van der Waals surface area contributed by atoms with Gasteiger partial charge in [0.15, 0.2) is 4.96 Å². The van der Waals surface area contributed by atoms with Crippen molar-refractivity contribution in [3.8, 4) is 16.9 Å². The van der Waals surface area contributed by atoms with Crippen LogP contribution in [0.25, 0.3) is 21.9 Å². The normalized spacial score (nSPS) is 11.2. The lowest BCUT2D eigenvalue weighted by atomic mass is 10.1. The molecule has 0 fully saturated rings. The van der Waals surface area contributed by atoms with Crippen molar-refractivity contribution in [3.05, 3.63) is 98.8 Å². The first-order chi connectivity index (χ1) is 16.8. The van der Waals surface area contributed by atoms with Crippen LogP contribution in [0.1, 0.15) is 22.6 Å². The Morgan fingerprint density at radius 3 is 2.57 bits per heavy atom. The maximum Gasteiger partial charge on any atom is 0.268 e. The van der Waals surface area contributed by atoms with E-state index in [1.54, 1.807) is 43.5 Å². The highest BCUT2D eigenvalue weighted by molar-refractivity contribution is 7.15. The van der Waals surface area contributed by atoms with E-state index in [1.165, 1.54) is 26.5 Å². The second-order valence-electron chi connectivity index (χ2n) is 8.35. The van der Waals surface area contributed by atoms with Crippen molar-refractivity contribution in [1.29, 1.82) is 0 Å². The minimum atomic E-state index is -0.410. The topological polar surface area (TPSA) is 81.3 Å². The van der Waals surface area contributed by atoms with Gasteiger partial charge in [-0.05, 0) is 51.1 Å². The average Bonchev–Trinajstić information content (AvgIpc) is 3.39. The number of carbonyl (C=O) groups excluding carboxylic acids is 1. The quantitative estimate of drug-likeness (QED) is 0.384. The Balaban J connectivity index is 1.53. The van der Waals surface area contributed by atoms with Crippen molar-refractivity contribution in [2.75, 3.05) is 5.32 Å². The van der Waals surface area contributed by atoms with E-state index in [1.807, 2.05) is 31.2 Å². The van der Waals surface area contributed by atoms with E-state index in [9.17, 15) is 14.0 Å². The Labute approximate surface area is 204 Å². The van der Waals surface area contributed by atoms with Crippen LogP contribution in [0.15, 0.2) is 64.8 Å². The molecular formula is C26H22FN5O2S. The molecule has 0 saturated carbocycles. The number of aryl methyl sites for hydroxylation is 3. The van der Waals surface area contributed by atoms with Gasteiger partial charge in [0.2, 0.25) is 5.91 Å². The van der Waals surface area contributed by atoms with Gasteiger partial charge in [-0.2, -0.15) is 5.10 Å². The summed E-state index contributed by atoms with van der Waals surface area (Å²) in [4.78, 5) is 31.4. The molecule has 9 heteroatoms. The van der Waals surface area contributed by atoms with Gasteiger partial charge in [-0.3, -0.25) is 14.0 Å². The number of para-hydroxylation sites is 1. The monoisotopic (exact) mass is 487 g/mol. The molecule has 2 aromatic carbocycles. The molecule has 5 rings (SSSR count). The first-order valence-electron chi connectivity index (χ1n) is 11.0. The molecule has 176 valence electrons. The summed E-state index contributed by atoms with van der Waals surface area (Å²) in [6.45, 7) is 5.52. The second kappa shape index (κ2) is 8.92. The smallest absolute Gasteiger partial charge is 0.268 e. The number of benzene rings is 2. The van der Waals surface area contributed by atoms with Crippen molar-refractivity contribution in [3.63, 3.8) is 0 Å². The first-order valence-corrected chi connectivity index (χ1v) is 11.9. The molecule has 0 bridgehead atoms. The van der Waals surface area contributed by atoms with Crippen molar-refractivity contribution >= 4 is 27.9 Å². The molecule has 0 aliphatic rings. The molecule has 3 aromatic heterocycles. The number of aromatic nitrogens is 4. The van der Waals surface area contributed by atoms with Crippen LogP contribution in [-0.4, -0.2) is 25.1 Å². The third-order valence-corrected chi connectivity index (χ3v) is 6.60. The fourth-order valence-corrected chi connectivity index (χ4v) is 4.92. The lowest BCUT2D eigenvalue weighted by molar-refractivity contribution is -0.115. The van der Waals surface area contributed by atoms with E-state index in [0.717, 1.165) is 5.56 Å². The van der Waals surface area contributed by atoms with Crippen molar-refractivity contribution < 1.29 is 9.18 Å². The van der Waals surface area contributed by atoms with Crippen molar-refractivity contribution in [1.82, 2.24) is 19.2 Å². The molecule has 0 spiro atoms. The fraction of sp³-hybridized carbons (Fsp3) is 0.154. The van der Waals surface area contributed by atoms with E-state index < -0.39 is 5.82 Å². The highest BCUT2D eigenvalue weighted by Gasteiger charge is 2.20. The minimum absolute atomic E-state index is 0.0145. The number of hydrogen-bond donors (Lipinski definition) is 1. The highest BCUT2D eigenvalue weighted by Crippen LogP contribution is 2.24. The van der Waals surface area contributed by atoms with Crippen LogP contribution in [-0.2, 0) is 11.2 Å². The Kier molecular flexibility index (Phi) is 5.78. The number of halogens is 1. The van der Waals surface area contributed by atoms with Crippen molar-refractivity contribution in [2.24, 2.45) is 0 Å². The second-order valence-corrected chi connectivity index (χ2v) is 9.18. The molecule has 0 unspecified atom stereocenters. The van der Waals surface area contributed by atoms with Crippen LogP contribution in [0.2, 0.25) is 0 Å². The van der Waals surface area contributed by atoms with Gasteiger partial charge in [0, 0.05) is 22.5 Å². The zero-order valence-electron chi connectivity index (χ0n) is 19.4. The molecule has 0 radical (unpaired) electrons. The number of carbonyl (C=O) groups is 1. The molecule has 1 amide bonds. The number of anilines is 1. The Morgan fingerprint density at radius 1 is 1.09 bits per heavy atom. The van der Waals surface area contributed by atoms with Gasteiger partial charge in [-0.25, -0.2) is 14.1 Å². The van der Waals surface area contributed by atoms with E-state index in [-0.39, 0.29) is 17.9 Å². The van der Waals surface area contributed by atoms with Gasteiger partial charge in [0.1, 0.15) is 17.2 Å². The van der Waals surface area contributed by atoms with Gasteiger partial charge in [-0.1, -0.05) is 29.8 Å². The maximum absolute atomic E-state index is 14.4. The summed E-state index contributed by atoms with van der Waals surface area (Å²) in [7, 11) is 0. The summed E-state index contributed by atoms with van der Waals surface area (Å²) in [5.41, 5.74) is 4.23. The summed E-state index contributed by atoms with van der Waals surface area (Å²) >= 11 is 1.30. The van der Waals surface area contributed by atoms with E-state index in [2.05, 4.69) is 15.4 Å². The molecule has 3 heterocycles. The average molecular weight is 488 g/mol. The Bertz CT molecular complexity index is 1630. The number of rotatable bonds is 5.